The second-order valence-corrected chi connectivity index (χ2v) is 4.16. The van der Waals surface area contributed by atoms with Gasteiger partial charge in [0.25, 0.3) is 0 Å². The van der Waals surface area contributed by atoms with Crippen LogP contribution in [0, 0.1) is 0 Å². The molecule has 0 radical (unpaired) electrons. The number of carbonyl (C=O) groups is 2. The molecule has 3 N–H and O–H groups in total. The number of primary amides is 1. The van der Waals surface area contributed by atoms with Crippen LogP contribution in [0.4, 0.5) is 0 Å². The molecule has 1 aliphatic rings. The number of nitrogens with zero attached hydrogens (tertiary/aromatic N) is 1. The highest BCUT2D eigenvalue weighted by atomic mass is 16.2. The molecule has 92 valence electrons. The molecule has 1 aliphatic heterocycles. The zero-order chi connectivity index (χ0) is 11.8. The number of hydrogen-bond acceptors (Lipinski definition) is 3. The maximum Gasteiger partial charge on any atom is 0.223 e. The molecule has 0 aromatic rings. The molecule has 0 unspecified atom stereocenters. The predicted molar refractivity (Wildman–Crippen MR) is 61.7 cm³/mol. The fourth-order valence-corrected chi connectivity index (χ4v) is 1.83. The first-order chi connectivity index (χ1) is 7.70. The average molecular weight is 227 g/mol. The lowest BCUT2D eigenvalue weighted by molar-refractivity contribution is -0.131. The number of rotatable bonds is 6. The van der Waals surface area contributed by atoms with Crippen LogP contribution in [0.5, 0.6) is 0 Å². The van der Waals surface area contributed by atoms with Gasteiger partial charge in [-0.15, -0.1) is 0 Å². The van der Waals surface area contributed by atoms with E-state index in [9.17, 15) is 9.59 Å². The van der Waals surface area contributed by atoms with Gasteiger partial charge in [0.2, 0.25) is 11.8 Å². The second-order valence-electron chi connectivity index (χ2n) is 4.16. The first kappa shape index (κ1) is 13.0. The van der Waals surface area contributed by atoms with Crippen molar-refractivity contribution in [1.29, 1.82) is 0 Å². The smallest absolute Gasteiger partial charge is 0.223 e. The Kier molecular flexibility index (Phi) is 5.85. The number of hydrogen-bond donors (Lipinski definition) is 2. The Morgan fingerprint density at radius 1 is 1.06 bits per heavy atom. The molecule has 0 aliphatic carbocycles. The van der Waals surface area contributed by atoms with Crippen molar-refractivity contribution in [2.24, 2.45) is 5.73 Å². The van der Waals surface area contributed by atoms with Crippen LogP contribution < -0.4 is 11.1 Å². The molecular weight excluding hydrogens is 206 g/mol. The highest BCUT2D eigenvalue weighted by Crippen LogP contribution is 2.09. The summed E-state index contributed by atoms with van der Waals surface area (Å²) in [6.45, 7) is 2.99. The van der Waals surface area contributed by atoms with Crippen molar-refractivity contribution in [2.75, 3.05) is 26.2 Å². The Balaban J connectivity index is 2.03. The fraction of sp³-hybridized carbons (Fsp3) is 0.818. The van der Waals surface area contributed by atoms with Crippen molar-refractivity contribution < 1.29 is 9.59 Å². The van der Waals surface area contributed by atoms with Gasteiger partial charge in [-0.05, 0) is 19.3 Å². The standard InChI is InChI=1S/C11H21N3O2/c12-10(15)4-6-13-7-5-11(16)14-8-2-1-3-9-14/h13H,1-9H2,(H2,12,15). The van der Waals surface area contributed by atoms with E-state index in [0.717, 1.165) is 25.9 Å². The van der Waals surface area contributed by atoms with Crippen molar-refractivity contribution in [3.63, 3.8) is 0 Å². The third-order valence-corrected chi connectivity index (χ3v) is 2.77. The number of piperidine rings is 1. The fourth-order valence-electron chi connectivity index (χ4n) is 1.83. The third kappa shape index (κ3) is 5.11. The van der Waals surface area contributed by atoms with Crippen LogP contribution in [0.15, 0.2) is 0 Å². The molecule has 2 amide bonds. The average Bonchev–Trinajstić information content (AvgIpc) is 2.29. The molecule has 1 heterocycles. The van der Waals surface area contributed by atoms with E-state index >= 15 is 0 Å². The van der Waals surface area contributed by atoms with E-state index in [1.807, 2.05) is 4.90 Å². The van der Waals surface area contributed by atoms with Crippen molar-refractivity contribution in [2.45, 2.75) is 32.1 Å². The Hall–Kier alpha value is -1.10. The van der Waals surface area contributed by atoms with Crippen LogP contribution in [0.3, 0.4) is 0 Å². The first-order valence-corrected chi connectivity index (χ1v) is 5.97. The lowest BCUT2D eigenvalue weighted by atomic mass is 10.1. The topological polar surface area (TPSA) is 75.4 Å². The number of likely N-dealkylation sites (tertiary alicyclic amines) is 1. The molecule has 0 atom stereocenters. The van der Waals surface area contributed by atoms with Crippen molar-refractivity contribution in [1.82, 2.24) is 10.2 Å². The second kappa shape index (κ2) is 7.22. The maximum atomic E-state index is 11.7. The zero-order valence-corrected chi connectivity index (χ0v) is 9.71. The largest absolute Gasteiger partial charge is 0.370 e. The minimum atomic E-state index is -0.310. The summed E-state index contributed by atoms with van der Waals surface area (Å²) >= 11 is 0. The van der Waals surface area contributed by atoms with Crippen molar-refractivity contribution in [3.8, 4) is 0 Å². The summed E-state index contributed by atoms with van der Waals surface area (Å²) in [6, 6.07) is 0. The van der Waals surface area contributed by atoms with Gasteiger partial charge in [0.1, 0.15) is 0 Å². The Labute approximate surface area is 96.4 Å². The van der Waals surface area contributed by atoms with Crippen LogP contribution in [0.25, 0.3) is 0 Å². The van der Waals surface area contributed by atoms with E-state index < -0.39 is 0 Å². The summed E-state index contributed by atoms with van der Waals surface area (Å²) in [5.41, 5.74) is 5.00. The summed E-state index contributed by atoms with van der Waals surface area (Å²) in [6.07, 6.45) is 4.33. The van der Waals surface area contributed by atoms with Gasteiger partial charge >= 0.3 is 0 Å². The summed E-state index contributed by atoms with van der Waals surface area (Å²) in [4.78, 5) is 24.1. The van der Waals surface area contributed by atoms with Gasteiger partial charge in [-0.1, -0.05) is 0 Å². The molecule has 0 bridgehead atoms. The van der Waals surface area contributed by atoms with E-state index in [0.29, 0.717) is 25.9 Å². The summed E-state index contributed by atoms with van der Waals surface area (Å²) in [5.74, 6) is -0.0962. The Morgan fingerprint density at radius 2 is 1.69 bits per heavy atom. The van der Waals surface area contributed by atoms with Crippen LogP contribution in [0.1, 0.15) is 32.1 Å². The van der Waals surface area contributed by atoms with E-state index in [-0.39, 0.29) is 11.8 Å². The van der Waals surface area contributed by atoms with E-state index in [1.54, 1.807) is 0 Å². The van der Waals surface area contributed by atoms with Gasteiger partial charge in [-0.2, -0.15) is 0 Å². The molecule has 0 saturated carbocycles. The summed E-state index contributed by atoms with van der Waals surface area (Å²) in [7, 11) is 0. The molecule has 16 heavy (non-hydrogen) atoms. The first-order valence-electron chi connectivity index (χ1n) is 5.97. The molecule has 0 aromatic heterocycles. The molecule has 1 fully saturated rings. The highest BCUT2D eigenvalue weighted by molar-refractivity contribution is 5.76. The van der Waals surface area contributed by atoms with Crippen LogP contribution in [0.2, 0.25) is 0 Å². The van der Waals surface area contributed by atoms with Gasteiger partial charge in [-0.25, -0.2) is 0 Å². The van der Waals surface area contributed by atoms with Gasteiger partial charge in [0.05, 0.1) is 0 Å². The summed E-state index contributed by atoms with van der Waals surface area (Å²) < 4.78 is 0. The van der Waals surface area contributed by atoms with Crippen LogP contribution >= 0.6 is 0 Å². The van der Waals surface area contributed by atoms with Gasteiger partial charge in [0.15, 0.2) is 0 Å². The van der Waals surface area contributed by atoms with Crippen molar-refractivity contribution >= 4 is 11.8 Å². The van der Waals surface area contributed by atoms with E-state index in [4.69, 9.17) is 5.73 Å². The lowest BCUT2D eigenvalue weighted by Gasteiger charge is -2.26. The predicted octanol–water partition coefficient (Wildman–Crippen LogP) is -0.146. The van der Waals surface area contributed by atoms with Gasteiger partial charge < -0.3 is 16.0 Å². The molecule has 0 aromatic carbocycles. The van der Waals surface area contributed by atoms with E-state index in [2.05, 4.69) is 5.32 Å². The Morgan fingerprint density at radius 3 is 2.31 bits per heavy atom. The lowest BCUT2D eigenvalue weighted by Crippen LogP contribution is -2.37. The van der Waals surface area contributed by atoms with Gasteiger partial charge in [-0.3, -0.25) is 9.59 Å². The summed E-state index contributed by atoms with van der Waals surface area (Å²) in [5, 5.41) is 3.04. The minimum absolute atomic E-state index is 0.214. The quantitative estimate of drug-likeness (QED) is 0.620. The minimum Gasteiger partial charge on any atom is -0.370 e. The SMILES string of the molecule is NC(=O)CCNCCC(=O)N1CCCCC1. The van der Waals surface area contributed by atoms with E-state index in [1.165, 1.54) is 6.42 Å². The van der Waals surface area contributed by atoms with Crippen LogP contribution in [-0.2, 0) is 9.59 Å². The number of carbonyl (C=O) groups excluding carboxylic acids is 2. The molecule has 5 nitrogen and oxygen atoms in total. The van der Waals surface area contributed by atoms with Crippen LogP contribution in [-0.4, -0.2) is 42.9 Å². The third-order valence-electron chi connectivity index (χ3n) is 2.77. The molecular formula is C11H21N3O2. The molecule has 1 saturated heterocycles. The number of nitrogens with two attached hydrogens (primary N) is 1. The normalized spacial score (nSPS) is 16.1. The maximum absolute atomic E-state index is 11.7. The number of nitrogens with one attached hydrogen (secondary N) is 1. The molecule has 1 rings (SSSR count). The monoisotopic (exact) mass is 227 g/mol. The van der Waals surface area contributed by atoms with Gasteiger partial charge in [0, 0.05) is 39.0 Å². The Bertz CT molecular complexity index is 237. The molecule has 0 spiro atoms. The zero-order valence-electron chi connectivity index (χ0n) is 9.71. The molecule has 5 heteroatoms. The number of amides is 2. The van der Waals surface area contributed by atoms with Crippen molar-refractivity contribution in [3.05, 3.63) is 0 Å². The highest BCUT2D eigenvalue weighted by Gasteiger charge is 2.15.